The second-order valence-corrected chi connectivity index (χ2v) is 6.64. The zero-order valence-corrected chi connectivity index (χ0v) is 16.8. The van der Waals surface area contributed by atoms with E-state index in [-0.39, 0.29) is 35.9 Å². The van der Waals surface area contributed by atoms with E-state index < -0.39 is 29.0 Å². The standard InChI is InChI=1S/C22H20O9/c1-28-11-14-9-16(23)20(25)21(30-14)15(10-19(24)29-2)18-7-6-17(31-18)12-4-3-5-13(8-12)22(26)27/h3-9,15,25H,10-11H2,1-2H3,(H,26,27)/t15-/m1/s1. The number of carbonyl (C=O) groups excluding carboxylic acids is 1. The lowest BCUT2D eigenvalue weighted by molar-refractivity contribution is -0.141. The fraction of sp³-hybridized carbons (Fsp3) is 0.227. The zero-order valence-electron chi connectivity index (χ0n) is 16.8. The van der Waals surface area contributed by atoms with E-state index in [4.69, 9.17) is 18.3 Å². The van der Waals surface area contributed by atoms with Gasteiger partial charge in [0.2, 0.25) is 11.2 Å². The Bertz CT molecular complexity index is 1160. The lowest BCUT2D eigenvalue weighted by atomic mass is 9.98. The molecule has 2 aromatic heterocycles. The minimum Gasteiger partial charge on any atom is -0.502 e. The van der Waals surface area contributed by atoms with Crippen molar-refractivity contribution < 1.29 is 38.1 Å². The monoisotopic (exact) mass is 428 g/mol. The third-order valence-electron chi connectivity index (χ3n) is 4.57. The van der Waals surface area contributed by atoms with Gasteiger partial charge in [0.15, 0.2) is 5.76 Å². The number of hydrogen-bond donors (Lipinski definition) is 2. The average Bonchev–Trinajstić information content (AvgIpc) is 3.24. The zero-order chi connectivity index (χ0) is 22.5. The predicted octanol–water partition coefficient (Wildman–Crippen LogP) is 3.15. The van der Waals surface area contributed by atoms with Gasteiger partial charge in [0.1, 0.15) is 23.9 Å². The summed E-state index contributed by atoms with van der Waals surface area (Å²) in [7, 11) is 2.63. The molecule has 2 heterocycles. The molecule has 3 rings (SSSR count). The van der Waals surface area contributed by atoms with Gasteiger partial charge in [-0.15, -0.1) is 0 Å². The van der Waals surface area contributed by atoms with E-state index in [2.05, 4.69) is 0 Å². The molecule has 1 aromatic carbocycles. The van der Waals surface area contributed by atoms with E-state index in [9.17, 15) is 24.6 Å². The number of carboxylic acids is 1. The van der Waals surface area contributed by atoms with Gasteiger partial charge in [-0.25, -0.2) is 4.79 Å². The maximum atomic E-state index is 12.2. The number of aromatic hydroxyl groups is 1. The second-order valence-electron chi connectivity index (χ2n) is 6.64. The highest BCUT2D eigenvalue weighted by Gasteiger charge is 2.29. The molecule has 162 valence electrons. The molecule has 1 atom stereocenters. The van der Waals surface area contributed by atoms with Crippen molar-refractivity contribution in [3.63, 3.8) is 0 Å². The topological polar surface area (TPSA) is 136 Å². The van der Waals surface area contributed by atoms with Crippen molar-refractivity contribution in [1.29, 1.82) is 0 Å². The molecule has 0 bridgehead atoms. The van der Waals surface area contributed by atoms with Crippen LogP contribution in [0.2, 0.25) is 0 Å². The average molecular weight is 428 g/mol. The van der Waals surface area contributed by atoms with Gasteiger partial charge in [-0.1, -0.05) is 12.1 Å². The van der Waals surface area contributed by atoms with Crippen molar-refractivity contribution in [3.05, 3.63) is 75.5 Å². The molecular weight excluding hydrogens is 408 g/mol. The van der Waals surface area contributed by atoms with Crippen LogP contribution in [0.3, 0.4) is 0 Å². The highest BCUT2D eigenvalue weighted by molar-refractivity contribution is 5.89. The number of carboxylic acid groups (broad SMARTS) is 1. The Morgan fingerprint density at radius 2 is 1.87 bits per heavy atom. The Morgan fingerprint density at radius 3 is 2.55 bits per heavy atom. The van der Waals surface area contributed by atoms with Gasteiger partial charge in [0.25, 0.3) is 0 Å². The summed E-state index contributed by atoms with van der Waals surface area (Å²) in [6.07, 6.45) is -0.272. The highest BCUT2D eigenvalue weighted by Crippen LogP contribution is 2.36. The van der Waals surface area contributed by atoms with Gasteiger partial charge in [-0.2, -0.15) is 0 Å². The lowest BCUT2D eigenvalue weighted by Crippen LogP contribution is -2.13. The molecule has 0 aliphatic heterocycles. The minimum absolute atomic E-state index is 0.0150. The third-order valence-corrected chi connectivity index (χ3v) is 4.57. The van der Waals surface area contributed by atoms with Gasteiger partial charge >= 0.3 is 11.9 Å². The van der Waals surface area contributed by atoms with Gasteiger partial charge in [-0.05, 0) is 24.3 Å². The minimum atomic E-state index is -1.08. The molecule has 0 saturated heterocycles. The summed E-state index contributed by atoms with van der Waals surface area (Å²) in [4.78, 5) is 35.4. The van der Waals surface area contributed by atoms with Crippen LogP contribution in [0.15, 0.2) is 56.1 Å². The van der Waals surface area contributed by atoms with Gasteiger partial charge < -0.3 is 28.5 Å². The molecule has 3 aromatic rings. The molecule has 0 aliphatic rings. The number of methoxy groups -OCH3 is 2. The van der Waals surface area contributed by atoms with Gasteiger partial charge in [0.05, 0.1) is 25.0 Å². The molecule has 0 amide bonds. The Kier molecular flexibility index (Phi) is 6.56. The van der Waals surface area contributed by atoms with E-state index in [0.29, 0.717) is 11.3 Å². The van der Waals surface area contributed by atoms with Crippen LogP contribution in [0.4, 0.5) is 0 Å². The molecule has 0 radical (unpaired) electrons. The molecule has 0 fully saturated rings. The number of carbonyl (C=O) groups is 2. The fourth-order valence-electron chi connectivity index (χ4n) is 3.08. The van der Waals surface area contributed by atoms with Crippen LogP contribution in [0.25, 0.3) is 11.3 Å². The summed E-state index contributed by atoms with van der Waals surface area (Å²) in [5, 5.41) is 19.5. The summed E-state index contributed by atoms with van der Waals surface area (Å²) in [5.41, 5.74) is -0.108. The summed E-state index contributed by atoms with van der Waals surface area (Å²) in [6, 6.07) is 10.4. The van der Waals surface area contributed by atoms with E-state index in [1.807, 2.05) is 0 Å². The fourth-order valence-corrected chi connectivity index (χ4v) is 3.08. The van der Waals surface area contributed by atoms with Crippen LogP contribution in [0.5, 0.6) is 5.75 Å². The van der Waals surface area contributed by atoms with Crippen LogP contribution in [-0.2, 0) is 20.9 Å². The van der Waals surface area contributed by atoms with E-state index in [0.717, 1.165) is 6.07 Å². The first-order valence-electron chi connectivity index (χ1n) is 9.19. The quantitative estimate of drug-likeness (QED) is 0.518. The predicted molar refractivity (Wildman–Crippen MR) is 107 cm³/mol. The molecule has 0 saturated carbocycles. The Hall–Kier alpha value is -3.85. The summed E-state index contributed by atoms with van der Waals surface area (Å²) < 4.78 is 21.2. The summed E-state index contributed by atoms with van der Waals surface area (Å²) >= 11 is 0. The smallest absolute Gasteiger partial charge is 0.335 e. The van der Waals surface area contributed by atoms with Crippen molar-refractivity contribution in [3.8, 4) is 17.1 Å². The second kappa shape index (κ2) is 9.31. The number of rotatable bonds is 8. The Morgan fingerprint density at radius 1 is 1.10 bits per heavy atom. The maximum Gasteiger partial charge on any atom is 0.335 e. The van der Waals surface area contributed by atoms with Crippen molar-refractivity contribution in [2.75, 3.05) is 14.2 Å². The maximum absolute atomic E-state index is 12.2. The molecule has 0 aliphatic carbocycles. The summed E-state index contributed by atoms with van der Waals surface area (Å²) in [6.45, 7) is -0.0150. The van der Waals surface area contributed by atoms with Crippen LogP contribution >= 0.6 is 0 Å². The van der Waals surface area contributed by atoms with Gasteiger partial charge in [0, 0.05) is 18.7 Å². The van der Waals surface area contributed by atoms with Crippen molar-refractivity contribution in [2.24, 2.45) is 0 Å². The highest BCUT2D eigenvalue weighted by atomic mass is 16.5. The van der Waals surface area contributed by atoms with Gasteiger partial charge in [-0.3, -0.25) is 9.59 Å². The lowest BCUT2D eigenvalue weighted by Gasteiger charge is -2.15. The van der Waals surface area contributed by atoms with E-state index >= 15 is 0 Å². The normalized spacial score (nSPS) is 11.8. The molecule has 31 heavy (non-hydrogen) atoms. The Balaban J connectivity index is 2.07. The van der Waals surface area contributed by atoms with E-state index in [1.165, 1.54) is 26.4 Å². The Labute approximate surface area is 176 Å². The number of esters is 1. The number of furan rings is 1. The first-order valence-corrected chi connectivity index (χ1v) is 9.19. The molecule has 2 N–H and O–H groups in total. The molecule has 9 nitrogen and oxygen atoms in total. The van der Waals surface area contributed by atoms with Crippen LogP contribution < -0.4 is 5.43 Å². The van der Waals surface area contributed by atoms with Crippen molar-refractivity contribution >= 4 is 11.9 Å². The molecule has 9 heteroatoms. The molecule has 0 spiro atoms. The van der Waals surface area contributed by atoms with Crippen LogP contribution in [0, 0.1) is 0 Å². The SMILES string of the molecule is COCc1cc(=O)c(O)c([C@H](CC(=O)OC)c2ccc(-c3cccc(C(=O)O)c3)o2)o1. The number of benzene rings is 1. The first-order chi connectivity index (χ1) is 14.8. The van der Waals surface area contributed by atoms with Crippen molar-refractivity contribution in [2.45, 2.75) is 18.9 Å². The molecule has 0 unspecified atom stereocenters. The number of ether oxygens (including phenoxy) is 2. The van der Waals surface area contributed by atoms with Crippen LogP contribution in [-0.4, -0.2) is 36.4 Å². The number of hydrogen-bond acceptors (Lipinski definition) is 8. The first kappa shape index (κ1) is 21.8. The third kappa shape index (κ3) is 4.84. The number of aromatic carboxylic acids is 1. The van der Waals surface area contributed by atoms with E-state index in [1.54, 1.807) is 24.3 Å². The summed E-state index contributed by atoms with van der Waals surface area (Å²) in [5.74, 6) is -2.76. The van der Waals surface area contributed by atoms with Crippen molar-refractivity contribution in [1.82, 2.24) is 0 Å². The van der Waals surface area contributed by atoms with Crippen LogP contribution in [0.1, 0.15) is 40.0 Å². The largest absolute Gasteiger partial charge is 0.502 e. The molecular formula is C22H20O9.